The maximum Gasteiger partial charge on any atom is 0.337 e. The number of amides is 1. The van der Waals surface area contributed by atoms with E-state index in [1.54, 1.807) is 24.0 Å². The lowest BCUT2D eigenvalue weighted by molar-refractivity contribution is -0.137. The lowest BCUT2D eigenvalue weighted by Crippen LogP contribution is -2.40. The van der Waals surface area contributed by atoms with E-state index in [-0.39, 0.29) is 11.6 Å². The third kappa shape index (κ3) is 4.11. The number of likely N-dealkylation sites (N-methyl/N-ethyl adjacent to an activating group) is 1. The van der Waals surface area contributed by atoms with Crippen molar-refractivity contribution >= 4 is 17.6 Å². The molecular weight excluding hydrogens is 272 g/mol. The van der Waals surface area contributed by atoms with E-state index < -0.39 is 12.1 Å². The number of methoxy groups -OCH3 is 1. The highest BCUT2D eigenvalue weighted by Gasteiger charge is 2.20. The smallest absolute Gasteiger partial charge is 0.337 e. The van der Waals surface area contributed by atoms with E-state index in [0.29, 0.717) is 24.4 Å². The standard InChI is InChI=1S/C15H22N2O4/c1-5-17(6-2)14(18)10(3)21-13-8-7-11(9-12(13)16)15(19)20-4/h7-10H,5-6,16H2,1-4H3. The number of carbonyl (C=O) groups excluding carboxylic acids is 2. The van der Waals surface area contributed by atoms with Crippen LogP contribution >= 0.6 is 0 Å². The van der Waals surface area contributed by atoms with Crippen LogP contribution in [0.15, 0.2) is 18.2 Å². The van der Waals surface area contributed by atoms with E-state index in [2.05, 4.69) is 4.74 Å². The predicted molar refractivity (Wildman–Crippen MR) is 80.2 cm³/mol. The number of nitrogen functional groups attached to an aromatic ring is 1. The number of esters is 1. The number of anilines is 1. The van der Waals surface area contributed by atoms with E-state index in [4.69, 9.17) is 10.5 Å². The molecule has 0 aliphatic carbocycles. The van der Waals surface area contributed by atoms with E-state index >= 15 is 0 Å². The van der Waals surface area contributed by atoms with E-state index in [0.717, 1.165) is 0 Å². The first-order chi connectivity index (χ1) is 9.94. The summed E-state index contributed by atoms with van der Waals surface area (Å²) in [5.74, 6) is -0.201. The number of hydrogen-bond acceptors (Lipinski definition) is 5. The van der Waals surface area contributed by atoms with Crippen LogP contribution in [0.25, 0.3) is 0 Å². The van der Waals surface area contributed by atoms with Gasteiger partial charge in [-0.3, -0.25) is 4.79 Å². The molecule has 0 aliphatic heterocycles. The Hall–Kier alpha value is -2.24. The zero-order valence-corrected chi connectivity index (χ0v) is 12.9. The van der Waals surface area contributed by atoms with Crippen molar-refractivity contribution in [1.29, 1.82) is 0 Å². The molecule has 0 aliphatic rings. The number of ether oxygens (including phenoxy) is 2. The Bertz CT molecular complexity index is 512. The molecule has 0 saturated carbocycles. The van der Waals surface area contributed by atoms with Crippen molar-refractivity contribution in [3.05, 3.63) is 23.8 Å². The fraction of sp³-hybridized carbons (Fsp3) is 0.467. The lowest BCUT2D eigenvalue weighted by atomic mass is 10.2. The highest BCUT2D eigenvalue weighted by Crippen LogP contribution is 2.24. The van der Waals surface area contributed by atoms with Gasteiger partial charge in [0.2, 0.25) is 0 Å². The SMILES string of the molecule is CCN(CC)C(=O)C(C)Oc1ccc(C(=O)OC)cc1N. The van der Waals surface area contributed by atoms with Gasteiger partial charge >= 0.3 is 5.97 Å². The van der Waals surface area contributed by atoms with Crippen LogP contribution in [0.1, 0.15) is 31.1 Å². The number of benzene rings is 1. The number of nitrogens with zero attached hydrogens (tertiary/aromatic N) is 1. The van der Waals surface area contributed by atoms with E-state index in [9.17, 15) is 9.59 Å². The Morgan fingerprint density at radius 3 is 2.38 bits per heavy atom. The molecule has 0 heterocycles. The molecule has 6 heteroatoms. The first-order valence-corrected chi connectivity index (χ1v) is 6.87. The molecule has 1 amide bonds. The van der Waals surface area contributed by atoms with Crippen LogP contribution < -0.4 is 10.5 Å². The quantitative estimate of drug-likeness (QED) is 0.638. The third-order valence-electron chi connectivity index (χ3n) is 3.16. The molecular formula is C15H22N2O4. The van der Waals surface area contributed by atoms with Gasteiger partial charge in [0, 0.05) is 13.1 Å². The Balaban J connectivity index is 2.83. The van der Waals surface area contributed by atoms with E-state index in [1.165, 1.54) is 13.2 Å². The van der Waals surface area contributed by atoms with Crippen molar-refractivity contribution in [3.8, 4) is 5.75 Å². The minimum atomic E-state index is -0.642. The molecule has 1 aromatic rings. The molecule has 21 heavy (non-hydrogen) atoms. The van der Waals surface area contributed by atoms with Crippen LogP contribution in [0, 0.1) is 0 Å². The van der Waals surface area contributed by atoms with Crippen molar-refractivity contribution in [2.24, 2.45) is 0 Å². The number of carbonyl (C=O) groups is 2. The Morgan fingerprint density at radius 2 is 1.90 bits per heavy atom. The Morgan fingerprint density at radius 1 is 1.29 bits per heavy atom. The summed E-state index contributed by atoms with van der Waals surface area (Å²) in [4.78, 5) is 25.2. The summed E-state index contributed by atoms with van der Waals surface area (Å²) in [5, 5.41) is 0. The van der Waals surface area contributed by atoms with Crippen molar-refractivity contribution < 1.29 is 19.1 Å². The molecule has 1 aromatic carbocycles. The van der Waals surface area contributed by atoms with Crippen LogP contribution in [-0.2, 0) is 9.53 Å². The highest BCUT2D eigenvalue weighted by molar-refractivity contribution is 5.91. The van der Waals surface area contributed by atoms with Gasteiger partial charge in [0.25, 0.3) is 5.91 Å². The number of nitrogens with two attached hydrogens (primary N) is 1. The van der Waals surface area contributed by atoms with Gasteiger partial charge in [-0.2, -0.15) is 0 Å². The second-order valence-electron chi connectivity index (χ2n) is 4.51. The normalized spacial score (nSPS) is 11.6. The largest absolute Gasteiger partial charge is 0.479 e. The molecule has 116 valence electrons. The van der Waals surface area contributed by atoms with Gasteiger partial charge in [0.1, 0.15) is 5.75 Å². The molecule has 0 aromatic heterocycles. The number of hydrogen-bond donors (Lipinski definition) is 1. The van der Waals surface area contributed by atoms with Crippen molar-refractivity contribution in [1.82, 2.24) is 4.90 Å². The van der Waals surface area contributed by atoms with Crippen LogP contribution in [0.5, 0.6) is 5.75 Å². The van der Waals surface area contributed by atoms with Gasteiger partial charge in [-0.15, -0.1) is 0 Å². The summed E-state index contributed by atoms with van der Waals surface area (Å²) in [6.07, 6.45) is -0.642. The van der Waals surface area contributed by atoms with Crippen LogP contribution in [-0.4, -0.2) is 43.1 Å². The molecule has 1 rings (SSSR count). The van der Waals surface area contributed by atoms with Gasteiger partial charge in [-0.1, -0.05) is 0 Å². The number of rotatable bonds is 6. The van der Waals surface area contributed by atoms with Crippen LogP contribution in [0.4, 0.5) is 5.69 Å². The summed E-state index contributed by atoms with van der Waals surface area (Å²) in [5.41, 5.74) is 6.47. The maximum atomic E-state index is 12.1. The summed E-state index contributed by atoms with van der Waals surface area (Å²) in [6.45, 7) is 6.75. The zero-order chi connectivity index (χ0) is 16.0. The molecule has 0 fully saturated rings. The third-order valence-corrected chi connectivity index (χ3v) is 3.16. The van der Waals surface area contributed by atoms with Crippen LogP contribution in [0.3, 0.4) is 0 Å². The van der Waals surface area contributed by atoms with Gasteiger partial charge in [-0.05, 0) is 39.0 Å². The molecule has 2 N–H and O–H groups in total. The van der Waals surface area contributed by atoms with E-state index in [1.807, 2.05) is 13.8 Å². The second-order valence-corrected chi connectivity index (χ2v) is 4.51. The summed E-state index contributed by atoms with van der Waals surface area (Å²) >= 11 is 0. The summed E-state index contributed by atoms with van der Waals surface area (Å²) < 4.78 is 10.2. The first kappa shape index (κ1) is 16.8. The maximum absolute atomic E-state index is 12.1. The van der Waals surface area contributed by atoms with Gasteiger partial charge in [0.05, 0.1) is 18.4 Å². The molecule has 0 saturated heterocycles. The van der Waals surface area contributed by atoms with Gasteiger partial charge in [0.15, 0.2) is 6.10 Å². The van der Waals surface area contributed by atoms with Crippen molar-refractivity contribution in [2.75, 3.05) is 25.9 Å². The fourth-order valence-corrected chi connectivity index (χ4v) is 1.93. The minimum absolute atomic E-state index is 0.101. The molecule has 1 atom stereocenters. The fourth-order valence-electron chi connectivity index (χ4n) is 1.93. The summed E-state index contributed by atoms with van der Waals surface area (Å²) in [7, 11) is 1.30. The van der Waals surface area contributed by atoms with Gasteiger partial charge < -0.3 is 20.1 Å². The minimum Gasteiger partial charge on any atom is -0.479 e. The zero-order valence-electron chi connectivity index (χ0n) is 12.9. The van der Waals surface area contributed by atoms with Crippen LogP contribution in [0.2, 0.25) is 0 Å². The van der Waals surface area contributed by atoms with Crippen molar-refractivity contribution in [3.63, 3.8) is 0 Å². The highest BCUT2D eigenvalue weighted by atomic mass is 16.5. The monoisotopic (exact) mass is 294 g/mol. The van der Waals surface area contributed by atoms with Gasteiger partial charge in [-0.25, -0.2) is 4.79 Å². The first-order valence-electron chi connectivity index (χ1n) is 6.87. The average Bonchev–Trinajstić information content (AvgIpc) is 2.49. The Kier molecular flexibility index (Phi) is 6.02. The Labute approximate surface area is 124 Å². The lowest BCUT2D eigenvalue weighted by Gasteiger charge is -2.23. The molecule has 1 unspecified atom stereocenters. The molecule has 0 radical (unpaired) electrons. The summed E-state index contributed by atoms with van der Waals surface area (Å²) in [6, 6.07) is 4.58. The van der Waals surface area contributed by atoms with Crippen molar-refractivity contribution in [2.45, 2.75) is 26.9 Å². The second kappa shape index (κ2) is 7.52. The average molecular weight is 294 g/mol. The topological polar surface area (TPSA) is 81.9 Å². The molecule has 0 spiro atoms. The molecule has 6 nitrogen and oxygen atoms in total. The molecule has 0 bridgehead atoms. The predicted octanol–water partition coefficient (Wildman–Crippen LogP) is 1.69.